The Kier molecular flexibility index (Phi) is 6.04. The third-order valence-corrected chi connectivity index (χ3v) is 5.18. The number of rotatable bonds is 5. The van der Waals surface area contributed by atoms with E-state index in [9.17, 15) is 22.8 Å². The molecule has 1 aliphatic rings. The van der Waals surface area contributed by atoms with E-state index in [-0.39, 0.29) is 28.9 Å². The zero-order chi connectivity index (χ0) is 20.4. The van der Waals surface area contributed by atoms with Gasteiger partial charge in [-0.2, -0.15) is 0 Å². The van der Waals surface area contributed by atoms with Gasteiger partial charge < -0.3 is 20.9 Å². The molecule has 0 aliphatic carbocycles. The fraction of sp³-hybridized carbons (Fsp3) is 0.474. The molecule has 0 bridgehead atoms. The number of amides is 1. The molecule has 6 nitrogen and oxygen atoms in total. The van der Waals surface area contributed by atoms with Crippen LogP contribution >= 0.6 is 0 Å². The van der Waals surface area contributed by atoms with E-state index in [1.807, 2.05) is 0 Å². The SMILES string of the molecule is CNC1CNC([C@H](C)NC(=O)Cc2cc3c(F)c(F)ccc3[nH]c2=O)C(F)C1. The van der Waals surface area contributed by atoms with Gasteiger partial charge in [0.2, 0.25) is 5.91 Å². The highest BCUT2D eigenvalue weighted by Crippen LogP contribution is 2.19. The fourth-order valence-electron chi connectivity index (χ4n) is 3.58. The van der Waals surface area contributed by atoms with Crippen molar-refractivity contribution in [3.8, 4) is 0 Å². The number of benzene rings is 1. The predicted molar refractivity (Wildman–Crippen MR) is 99.9 cm³/mol. The van der Waals surface area contributed by atoms with E-state index in [1.54, 1.807) is 14.0 Å². The minimum atomic E-state index is -1.14. The molecule has 1 aliphatic heterocycles. The lowest BCUT2D eigenvalue weighted by Crippen LogP contribution is -2.60. The summed E-state index contributed by atoms with van der Waals surface area (Å²) in [6.45, 7) is 2.26. The Bertz CT molecular complexity index is 933. The monoisotopic (exact) mass is 396 g/mol. The summed E-state index contributed by atoms with van der Waals surface area (Å²) in [5, 5.41) is 8.66. The van der Waals surface area contributed by atoms with Gasteiger partial charge in [-0.05, 0) is 38.6 Å². The molecule has 4 atom stereocenters. The minimum Gasteiger partial charge on any atom is -0.352 e. The topological polar surface area (TPSA) is 86.0 Å². The molecule has 0 radical (unpaired) electrons. The van der Waals surface area contributed by atoms with Crippen LogP contribution in [0.4, 0.5) is 13.2 Å². The van der Waals surface area contributed by atoms with E-state index in [2.05, 4.69) is 20.9 Å². The fourth-order valence-corrected chi connectivity index (χ4v) is 3.58. The number of carbonyl (C=O) groups is 1. The van der Waals surface area contributed by atoms with Crippen molar-refractivity contribution in [2.75, 3.05) is 13.6 Å². The lowest BCUT2D eigenvalue weighted by Gasteiger charge is -2.36. The Labute approximate surface area is 159 Å². The Morgan fingerprint density at radius 2 is 2.11 bits per heavy atom. The molecule has 1 amide bonds. The van der Waals surface area contributed by atoms with Crippen LogP contribution in [0, 0.1) is 11.6 Å². The summed E-state index contributed by atoms with van der Waals surface area (Å²) in [7, 11) is 1.76. The number of halogens is 3. The number of alkyl halides is 1. The normalized spacial score (nSPS) is 23.5. The third-order valence-electron chi connectivity index (χ3n) is 5.18. The molecule has 2 aromatic rings. The Balaban J connectivity index is 1.70. The van der Waals surface area contributed by atoms with Crippen molar-refractivity contribution in [1.29, 1.82) is 0 Å². The van der Waals surface area contributed by atoms with Crippen molar-refractivity contribution in [1.82, 2.24) is 20.9 Å². The number of likely N-dealkylation sites (N-methyl/N-ethyl adjacent to an activating group) is 1. The summed E-state index contributed by atoms with van der Waals surface area (Å²) in [6.07, 6.45) is -1.12. The molecule has 9 heteroatoms. The highest BCUT2D eigenvalue weighted by atomic mass is 19.2. The quantitative estimate of drug-likeness (QED) is 0.611. The second-order valence-corrected chi connectivity index (χ2v) is 7.15. The maximum atomic E-state index is 14.3. The zero-order valence-electron chi connectivity index (χ0n) is 15.6. The Hall–Kier alpha value is -2.39. The van der Waals surface area contributed by atoms with Gasteiger partial charge in [0.15, 0.2) is 11.6 Å². The zero-order valence-corrected chi connectivity index (χ0v) is 15.6. The summed E-state index contributed by atoms with van der Waals surface area (Å²) in [4.78, 5) is 26.9. The van der Waals surface area contributed by atoms with Crippen LogP contribution in [0.25, 0.3) is 10.9 Å². The summed E-state index contributed by atoms with van der Waals surface area (Å²) >= 11 is 0. The average molecular weight is 396 g/mol. The second kappa shape index (κ2) is 8.32. The lowest BCUT2D eigenvalue weighted by molar-refractivity contribution is -0.121. The molecule has 1 saturated heterocycles. The van der Waals surface area contributed by atoms with Gasteiger partial charge in [0.25, 0.3) is 5.56 Å². The van der Waals surface area contributed by atoms with Crippen molar-refractivity contribution in [2.45, 2.75) is 44.1 Å². The molecule has 3 unspecified atom stereocenters. The number of H-pyrrole nitrogens is 1. The van der Waals surface area contributed by atoms with E-state index >= 15 is 0 Å². The van der Waals surface area contributed by atoms with Gasteiger partial charge >= 0.3 is 0 Å². The molecule has 1 aromatic heterocycles. The van der Waals surface area contributed by atoms with Crippen molar-refractivity contribution < 1.29 is 18.0 Å². The maximum Gasteiger partial charge on any atom is 0.252 e. The number of hydrogen-bond acceptors (Lipinski definition) is 4. The largest absolute Gasteiger partial charge is 0.352 e. The first-order chi connectivity index (χ1) is 13.3. The van der Waals surface area contributed by atoms with E-state index in [0.717, 1.165) is 6.07 Å². The van der Waals surface area contributed by atoms with Crippen LogP contribution in [-0.4, -0.2) is 48.8 Å². The summed E-state index contributed by atoms with van der Waals surface area (Å²) in [5.74, 6) is -2.63. The predicted octanol–water partition coefficient (Wildman–Crippen LogP) is 1.14. The first kappa shape index (κ1) is 20.3. The van der Waals surface area contributed by atoms with Gasteiger partial charge in [-0.1, -0.05) is 0 Å². The molecule has 0 saturated carbocycles. The molecular formula is C19H23F3N4O2. The van der Waals surface area contributed by atoms with E-state index in [0.29, 0.717) is 13.0 Å². The number of aromatic amines is 1. The standard InChI is InChI=1S/C19H23F3N4O2/c1-9(18-14(21)7-11(23-2)8-24-18)25-16(27)6-10-5-12-15(26-19(10)28)4-3-13(20)17(12)22/h3-5,9,11,14,18,23-24H,6-8H2,1-2H3,(H,25,27)(H,26,28)/t9-,11?,14?,18?/m0/s1. The first-order valence-electron chi connectivity index (χ1n) is 9.14. The van der Waals surface area contributed by atoms with Crippen LogP contribution in [0.15, 0.2) is 23.0 Å². The average Bonchev–Trinajstić information content (AvgIpc) is 2.65. The molecule has 3 rings (SSSR count). The minimum absolute atomic E-state index is 0.00495. The van der Waals surface area contributed by atoms with Crippen LogP contribution in [0.5, 0.6) is 0 Å². The number of fused-ring (bicyclic) bond motifs is 1. The van der Waals surface area contributed by atoms with E-state index in [1.165, 1.54) is 12.1 Å². The Morgan fingerprint density at radius 1 is 1.36 bits per heavy atom. The van der Waals surface area contributed by atoms with Crippen LogP contribution in [0.2, 0.25) is 0 Å². The van der Waals surface area contributed by atoms with Gasteiger partial charge in [-0.25, -0.2) is 13.2 Å². The number of carbonyl (C=O) groups excluding carboxylic acids is 1. The highest BCUT2D eigenvalue weighted by Gasteiger charge is 2.33. The molecule has 28 heavy (non-hydrogen) atoms. The number of pyridine rings is 1. The van der Waals surface area contributed by atoms with Gasteiger partial charge in [0.05, 0.1) is 18.0 Å². The van der Waals surface area contributed by atoms with E-state index < -0.39 is 41.4 Å². The molecule has 2 heterocycles. The number of hydrogen-bond donors (Lipinski definition) is 4. The van der Waals surface area contributed by atoms with Crippen LogP contribution in [0.1, 0.15) is 18.9 Å². The van der Waals surface area contributed by atoms with Crippen LogP contribution < -0.4 is 21.5 Å². The van der Waals surface area contributed by atoms with Crippen molar-refractivity contribution >= 4 is 16.8 Å². The molecular weight excluding hydrogens is 373 g/mol. The van der Waals surface area contributed by atoms with Crippen LogP contribution in [-0.2, 0) is 11.2 Å². The summed E-state index contributed by atoms with van der Waals surface area (Å²) in [5.41, 5.74) is -0.408. The highest BCUT2D eigenvalue weighted by molar-refractivity contribution is 5.83. The molecule has 1 aromatic carbocycles. The number of aromatic nitrogens is 1. The molecule has 0 spiro atoms. The number of nitrogens with one attached hydrogen (secondary N) is 4. The van der Waals surface area contributed by atoms with Gasteiger partial charge in [-0.15, -0.1) is 0 Å². The smallest absolute Gasteiger partial charge is 0.252 e. The second-order valence-electron chi connectivity index (χ2n) is 7.15. The van der Waals surface area contributed by atoms with E-state index in [4.69, 9.17) is 0 Å². The summed E-state index contributed by atoms with van der Waals surface area (Å²) < 4.78 is 41.7. The lowest BCUT2D eigenvalue weighted by atomic mass is 9.94. The van der Waals surface area contributed by atoms with Gasteiger partial charge in [-0.3, -0.25) is 9.59 Å². The summed E-state index contributed by atoms with van der Waals surface area (Å²) in [6, 6.07) is 2.33. The molecule has 4 N–H and O–H groups in total. The maximum absolute atomic E-state index is 14.3. The van der Waals surface area contributed by atoms with Crippen molar-refractivity contribution in [3.63, 3.8) is 0 Å². The van der Waals surface area contributed by atoms with Gasteiger partial charge in [0, 0.05) is 29.6 Å². The van der Waals surface area contributed by atoms with Crippen molar-refractivity contribution in [3.05, 3.63) is 45.8 Å². The third kappa shape index (κ3) is 4.20. The van der Waals surface area contributed by atoms with Crippen molar-refractivity contribution in [2.24, 2.45) is 0 Å². The molecule has 1 fully saturated rings. The van der Waals surface area contributed by atoms with Gasteiger partial charge in [0.1, 0.15) is 6.17 Å². The Morgan fingerprint density at radius 3 is 2.79 bits per heavy atom. The number of piperidine rings is 1. The molecule has 152 valence electrons. The first-order valence-corrected chi connectivity index (χ1v) is 9.14. The van der Waals surface area contributed by atoms with Crippen LogP contribution in [0.3, 0.4) is 0 Å².